The molecular formula is C19H28Cl3NO5SSi. The zero-order valence-corrected chi connectivity index (χ0v) is 22.0. The smallest absolute Gasteiger partial charge is 0.430 e. The summed E-state index contributed by atoms with van der Waals surface area (Å²) in [7, 11) is -2.04. The van der Waals surface area contributed by atoms with Crippen LogP contribution in [0.1, 0.15) is 44.8 Å². The Morgan fingerprint density at radius 2 is 1.90 bits per heavy atom. The summed E-state index contributed by atoms with van der Waals surface area (Å²) in [6.07, 6.45) is 1.78. The number of aromatic nitrogens is 1. The number of carbonyl (C=O) groups is 2. The third-order valence-corrected chi connectivity index (χ3v) is 10.3. The minimum absolute atomic E-state index is 0.0320. The van der Waals surface area contributed by atoms with Crippen LogP contribution in [-0.2, 0) is 25.3 Å². The zero-order valence-electron chi connectivity index (χ0n) is 18.0. The number of ether oxygens (including phenoxy) is 2. The van der Waals surface area contributed by atoms with Crippen molar-refractivity contribution in [3.63, 3.8) is 0 Å². The summed E-state index contributed by atoms with van der Waals surface area (Å²) in [5.74, 6) is 0. The molecule has 1 atom stereocenters. The van der Waals surface area contributed by atoms with Gasteiger partial charge in [-0.25, -0.2) is 9.78 Å². The zero-order chi connectivity index (χ0) is 23.2. The molecule has 0 aliphatic rings. The number of halogens is 3. The molecule has 0 spiro atoms. The van der Waals surface area contributed by atoms with Crippen LogP contribution in [0.3, 0.4) is 0 Å². The van der Waals surface area contributed by atoms with Crippen molar-refractivity contribution in [3.8, 4) is 0 Å². The summed E-state index contributed by atoms with van der Waals surface area (Å²) in [6.45, 7) is 12.2. The standard InChI is InChI=1S/C19H28Cl3NO5SSi/c1-13(15(7-8-24)28-30(5,6)18(2,3)4)9-14-11-29-16(23-14)10-26-17(25)27-12-19(20,21)22/h8-9,11,15H,7,10,12H2,1-6H3/b13-9+. The first-order valence-electron chi connectivity index (χ1n) is 9.25. The summed E-state index contributed by atoms with van der Waals surface area (Å²) in [4.78, 5) is 27.1. The van der Waals surface area contributed by atoms with Gasteiger partial charge in [-0.2, -0.15) is 0 Å². The lowest BCUT2D eigenvalue weighted by atomic mass is 10.1. The molecule has 30 heavy (non-hydrogen) atoms. The molecule has 0 aliphatic heterocycles. The lowest BCUT2D eigenvalue weighted by Gasteiger charge is -2.39. The van der Waals surface area contributed by atoms with E-state index < -0.39 is 24.9 Å². The average molecular weight is 517 g/mol. The molecule has 170 valence electrons. The van der Waals surface area contributed by atoms with E-state index >= 15 is 0 Å². The number of alkyl halides is 3. The molecule has 1 aromatic heterocycles. The van der Waals surface area contributed by atoms with Gasteiger partial charge in [0, 0.05) is 11.8 Å². The molecule has 0 fully saturated rings. The number of hydrogen-bond donors (Lipinski definition) is 0. The summed E-state index contributed by atoms with van der Waals surface area (Å²) in [5.41, 5.74) is 1.60. The van der Waals surface area contributed by atoms with Crippen LogP contribution in [0.15, 0.2) is 11.0 Å². The topological polar surface area (TPSA) is 74.7 Å². The molecule has 6 nitrogen and oxygen atoms in total. The molecule has 0 bridgehead atoms. The van der Waals surface area contributed by atoms with Crippen LogP contribution >= 0.6 is 46.1 Å². The van der Waals surface area contributed by atoms with E-state index in [-0.39, 0.29) is 24.2 Å². The van der Waals surface area contributed by atoms with Gasteiger partial charge >= 0.3 is 6.16 Å². The minimum atomic E-state index is -2.04. The van der Waals surface area contributed by atoms with Crippen molar-refractivity contribution in [1.82, 2.24) is 4.98 Å². The Hall–Kier alpha value is -0.643. The van der Waals surface area contributed by atoms with Crippen LogP contribution in [-0.4, -0.2) is 42.2 Å². The molecule has 0 N–H and O–H groups in total. The number of rotatable bonds is 9. The van der Waals surface area contributed by atoms with Gasteiger partial charge in [0.2, 0.25) is 3.79 Å². The van der Waals surface area contributed by atoms with E-state index in [9.17, 15) is 9.59 Å². The highest BCUT2D eigenvalue weighted by Crippen LogP contribution is 2.38. The number of aldehydes is 1. The number of carbonyl (C=O) groups excluding carboxylic acids is 2. The molecule has 0 aliphatic carbocycles. The van der Waals surface area contributed by atoms with E-state index in [0.29, 0.717) is 10.7 Å². The highest BCUT2D eigenvalue weighted by atomic mass is 35.6. The molecule has 0 amide bonds. The van der Waals surface area contributed by atoms with Crippen molar-refractivity contribution in [2.24, 2.45) is 0 Å². The summed E-state index contributed by atoms with van der Waals surface area (Å²) < 4.78 is 14.4. The van der Waals surface area contributed by atoms with Crippen LogP contribution in [0, 0.1) is 0 Å². The van der Waals surface area contributed by atoms with E-state index in [1.165, 1.54) is 11.3 Å². The van der Waals surface area contributed by atoms with Gasteiger partial charge in [0.25, 0.3) is 0 Å². The summed E-state index contributed by atoms with van der Waals surface area (Å²) >= 11 is 17.9. The lowest BCUT2D eigenvalue weighted by molar-refractivity contribution is -0.109. The molecule has 0 saturated heterocycles. The van der Waals surface area contributed by atoms with Crippen LogP contribution in [0.5, 0.6) is 0 Å². The Bertz CT molecular complexity index is 756. The van der Waals surface area contributed by atoms with Crippen LogP contribution in [0.25, 0.3) is 6.08 Å². The highest BCUT2D eigenvalue weighted by Gasteiger charge is 2.39. The normalized spacial score (nSPS) is 14.4. The van der Waals surface area contributed by atoms with Crippen LogP contribution in [0.2, 0.25) is 18.1 Å². The van der Waals surface area contributed by atoms with E-state index in [0.717, 1.165) is 11.9 Å². The van der Waals surface area contributed by atoms with Gasteiger partial charge < -0.3 is 18.7 Å². The Morgan fingerprint density at radius 1 is 1.27 bits per heavy atom. The van der Waals surface area contributed by atoms with Gasteiger partial charge in [0.1, 0.15) is 24.5 Å². The second-order valence-corrected chi connectivity index (χ2v) is 16.5. The average Bonchev–Trinajstić information content (AvgIpc) is 3.03. The fourth-order valence-electron chi connectivity index (χ4n) is 2.03. The van der Waals surface area contributed by atoms with Crippen molar-refractivity contribution < 1.29 is 23.5 Å². The molecule has 1 rings (SSSR count). The molecule has 1 aromatic rings. The third kappa shape index (κ3) is 9.66. The largest absolute Gasteiger partial charge is 0.508 e. The van der Waals surface area contributed by atoms with Crippen molar-refractivity contribution in [2.45, 2.75) is 68.8 Å². The quantitative estimate of drug-likeness (QED) is 0.160. The van der Waals surface area contributed by atoms with E-state index in [1.54, 1.807) is 0 Å². The van der Waals surface area contributed by atoms with Crippen molar-refractivity contribution in [1.29, 1.82) is 0 Å². The third-order valence-electron chi connectivity index (χ3n) is 4.67. The van der Waals surface area contributed by atoms with Crippen LogP contribution < -0.4 is 0 Å². The summed E-state index contributed by atoms with van der Waals surface area (Å²) in [6, 6.07) is 0. The number of nitrogens with zero attached hydrogens (tertiary/aromatic N) is 1. The minimum Gasteiger partial charge on any atom is -0.430 e. The lowest BCUT2D eigenvalue weighted by Crippen LogP contribution is -2.44. The van der Waals surface area contributed by atoms with Gasteiger partial charge in [0.15, 0.2) is 8.32 Å². The molecule has 1 unspecified atom stereocenters. The molecule has 0 aromatic carbocycles. The van der Waals surface area contributed by atoms with E-state index in [1.807, 2.05) is 18.4 Å². The Kier molecular flexibility index (Phi) is 10.3. The molecule has 11 heteroatoms. The molecule has 0 radical (unpaired) electrons. The van der Waals surface area contributed by atoms with Gasteiger partial charge in [0.05, 0.1) is 11.8 Å². The maximum absolute atomic E-state index is 11.5. The second-order valence-electron chi connectivity index (χ2n) is 8.27. The fraction of sp³-hybridized carbons (Fsp3) is 0.632. The number of thiazole rings is 1. The fourth-order valence-corrected chi connectivity index (χ4v) is 4.21. The number of hydrogen-bond acceptors (Lipinski definition) is 7. The van der Waals surface area contributed by atoms with E-state index in [2.05, 4.69) is 38.8 Å². The Morgan fingerprint density at radius 3 is 2.43 bits per heavy atom. The molecule has 0 saturated carbocycles. The van der Waals surface area contributed by atoms with Crippen LogP contribution in [0.4, 0.5) is 4.79 Å². The Labute approximate surface area is 198 Å². The van der Waals surface area contributed by atoms with Gasteiger partial charge in [-0.15, -0.1) is 11.3 Å². The Balaban J connectivity index is 2.76. The van der Waals surface area contributed by atoms with Gasteiger partial charge in [-0.05, 0) is 36.7 Å². The highest BCUT2D eigenvalue weighted by molar-refractivity contribution is 7.09. The maximum atomic E-state index is 11.5. The second kappa shape index (κ2) is 11.3. The monoisotopic (exact) mass is 515 g/mol. The summed E-state index contributed by atoms with van der Waals surface area (Å²) in [5, 5.41) is 2.45. The first kappa shape index (κ1) is 27.4. The molecular weight excluding hydrogens is 489 g/mol. The van der Waals surface area contributed by atoms with E-state index in [4.69, 9.17) is 48.7 Å². The maximum Gasteiger partial charge on any atom is 0.508 e. The first-order chi connectivity index (χ1) is 13.6. The predicted molar refractivity (Wildman–Crippen MR) is 125 cm³/mol. The first-order valence-corrected chi connectivity index (χ1v) is 14.2. The van der Waals surface area contributed by atoms with Crippen molar-refractivity contribution in [3.05, 3.63) is 21.7 Å². The molecule has 1 heterocycles. The van der Waals surface area contributed by atoms with Gasteiger partial charge in [-0.3, -0.25) is 0 Å². The predicted octanol–water partition coefficient (Wildman–Crippen LogP) is 6.55. The van der Waals surface area contributed by atoms with Crippen molar-refractivity contribution >= 4 is 73.0 Å². The van der Waals surface area contributed by atoms with Crippen molar-refractivity contribution in [2.75, 3.05) is 6.61 Å². The van der Waals surface area contributed by atoms with Gasteiger partial charge in [-0.1, -0.05) is 55.6 Å². The SMILES string of the molecule is C/C(=C\c1csc(COC(=O)OCC(Cl)(Cl)Cl)n1)C(CC=O)O[Si](C)(C)C(C)(C)C.